The first-order valence-corrected chi connectivity index (χ1v) is 4.86. The van der Waals surface area contributed by atoms with Crippen LogP contribution in [0.2, 0.25) is 0 Å². The summed E-state index contributed by atoms with van der Waals surface area (Å²) < 4.78 is 8.62. The Hall–Kier alpha value is -1.32. The van der Waals surface area contributed by atoms with Crippen LogP contribution >= 0.6 is 0 Å². The second-order valence-electron chi connectivity index (χ2n) is 2.85. The van der Waals surface area contributed by atoms with Crippen LogP contribution in [-0.4, -0.2) is 26.2 Å². The van der Waals surface area contributed by atoms with Crippen LogP contribution in [0.15, 0.2) is 12.2 Å². The third-order valence-corrected chi connectivity index (χ3v) is 1.56. The van der Waals surface area contributed by atoms with Crippen molar-refractivity contribution in [2.45, 2.75) is 33.1 Å². The number of hydrogen-bond donors (Lipinski definition) is 0. The molecule has 0 saturated heterocycles. The number of esters is 2. The lowest BCUT2D eigenvalue weighted by atomic mass is 10.2. The Balaban J connectivity index is 0. The molecular formula is C11H20O4. The van der Waals surface area contributed by atoms with Gasteiger partial charge in [0, 0.05) is 5.57 Å². The van der Waals surface area contributed by atoms with E-state index in [9.17, 15) is 9.59 Å². The molecule has 0 saturated carbocycles. The summed E-state index contributed by atoms with van der Waals surface area (Å²) >= 11 is 0. The predicted octanol–water partition coefficient (Wildman–Crippen LogP) is 2.09. The minimum atomic E-state index is -0.588. The highest BCUT2D eigenvalue weighted by molar-refractivity contribution is 5.93. The van der Waals surface area contributed by atoms with Crippen molar-refractivity contribution in [3.05, 3.63) is 12.2 Å². The molecule has 0 aliphatic carbocycles. The smallest absolute Gasteiger partial charge is 0.333 e. The number of carbonyl (C=O) groups is 2. The summed E-state index contributed by atoms with van der Waals surface area (Å²) in [4.78, 5) is 21.2. The maximum absolute atomic E-state index is 10.6. The highest BCUT2D eigenvalue weighted by Crippen LogP contribution is 2.00. The van der Waals surface area contributed by atoms with Gasteiger partial charge in [-0.2, -0.15) is 0 Å². The molecule has 0 heterocycles. The van der Waals surface area contributed by atoms with Gasteiger partial charge in [0.25, 0.3) is 0 Å². The van der Waals surface area contributed by atoms with E-state index in [2.05, 4.69) is 29.9 Å². The molecule has 4 heteroatoms. The third kappa shape index (κ3) is 10.6. The molecule has 88 valence electrons. The van der Waals surface area contributed by atoms with Gasteiger partial charge < -0.3 is 9.47 Å². The number of methoxy groups -OCH3 is 2. The lowest BCUT2D eigenvalue weighted by Gasteiger charge is -2.00. The maximum atomic E-state index is 10.6. The number of rotatable bonds is 4. The van der Waals surface area contributed by atoms with Crippen LogP contribution in [0, 0.1) is 0 Å². The highest BCUT2D eigenvalue weighted by atomic mass is 16.5. The summed E-state index contributed by atoms with van der Waals surface area (Å²) in [5.74, 6) is -1.09. The zero-order valence-corrected chi connectivity index (χ0v) is 9.96. The lowest BCUT2D eigenvalue weighted by Crippen LogP contribution is -2.09. The average Bonchev–Trinajstić information content (AvgIpc) is 2.27. The number of hydrogen-bond acceptors (Lipinski definition) is 4. The minimum Gasteiger partial charge on any atom is -0.469 e. The van der Waals surface area contributed by atoms with Crippen LogP contribution in [0.3, 0.4) is 0 Å². The van der Waals surface area contributed by atoms with Crippen LogP contribution in [-0.2, 0) is 19.1 Å². The summed E-state index contributed by atoms with van der Waals surface area (Å²) in [6.45, 7) is 7.70. The molecule has 0 aliphatic rings. The van der Waals surface area contributed by atoms with Crippen LogP contribution in [0.1, 0.15) is 33.1 Å². The van der Waals surface area contributed by atoms with Crippen molar-refractivity contribution in [1.29, 1.82) is 0 Å². The zero-order valence-electron chi connectivity index (χ0n) is 9.96. The fourth-order valence-electron chi connectivity index (χ4n) is 0.463. The second-order valence-corrected chi connectivity index (χ2v) is 2.85. The Labute approximate surface area is 91.3 Å². The van der Waals surface area contributed by atoms with E-state index >= 15 is 0 Å². The summed E-state index contributed by atoms with van der Waals surface area (Å²) in [5, 5.41) is 0. The Morgan fingerprint density at radius 2 is 1.53 bits per heavy atom. The summed E-state index contributed by atoms with van der Waals surface area (Å²) in [7, 11) is 2.47. The molecule has 0 aliphatic heterocycles. The van der Waals surface area contributed by atoms with Gasteiger partial charge in [0.05, 0.1) is 20.6 Å². The number of carbonyl (C=O) groups excluding carboxylic acids is 2. The molecule has 0 bridgehead atoms. The highest BCUT2D eigenvalue weighted by Gasteiger charge is 2.11. The van der Waals surface area contributed by atoms with Crippen LogP contribution < -0.4 is 0 Å². The molecule has 0 aromatic rings. The molecular weight excluding hydrogens is 196 g/mol. The van der Waals surface area contributed by atoms with Crippen molar-refractivity contribution in [3.8, 4) is 0 Å². The first kappa shape index (κ1) is 16.1. The molecule has 0 atom stereocenters. The molecule has 0 aromatic heterocycles. The molecule has 0 spiro atoms. The van der Waals surface area contributed by atoms with Gasteiger partial charge in [-0.1, -0.05) is 33.3 Å². The fraction of sp³-hybridized carbons (Fsp3) is 0.636. The van der Waals surface area contributed by atoms with Gasteiger partial charge in [-0.05, 0) is 0 Å². The van der Waals surface area contributed by atoms with Crippen LogP contribution in [0.25, 0.3) is 0 Å². The van der Waals surface area contributed by atoms with Gasteiger partial charge >= 0.3 is 11.9 Å². The van der Waals surface area contributed by atoms with E-state index in [0.717, 1.165) is 0 Å². The van der Waals surface area contributed by atoms with E-state index in [1.165, 1.54) is 27.1 Å². The van der Waals surface area contributed by atoms with Gasteiger partial charge in [-0.15, -0.1) is 0 Å². The van der Waals surface area contributed by atoms with E-state index in [1.54, 1.807) is 0 Å². The van der Waals surface area contributed by atoms with Crippen molar-refractivity contribution in [3.63, 3.8) is 0 Å². The number of ether oxygens (including phenoxy) is 2. The lowest BCUT2D eigenvalue weighted by molar-refractivity contribution is -0.143. The van der Waals surface area contributed by atoms with Gasteiger partial charge in [0.1, 0.15) is 0 Å². The van der Waals surface area contributed by atoms with E-state index < -0.39 is 11.9 Å². The summed E-state index contributed by atoms with van der Waals surface area (Å²) in [6.07, 6.45) is 2.52. The first-order chi connectivity index (χ1) is 7.03. The quantitative estimate of drug-likeness (QED) is 0.533. The van der Waals surface area contributed by atoms with E-state index in [-0.39, 0.29) is 12.0 Å². The second kappa shape index (κ2) is 10.8. The Morgan fingerprint density at radius 1 is 1.07 bits per heavy atom. The first-order valence-electron chi connectivity index (χ1n) is 4.86. The number of unbranched alkanes of at least 4 members (excludes halogenated alkanes) is 1. The van der Waals surface area contributed by atoms with E-state index in [0.29, 0.717) is 0 Å². The average molecular weight is 216 g/mol. The topological polar surface area (TPSA) is 52.6 Å². The minimum absolute atomic E-state index is 0.0966. The van der Waals surface area contributed by atoms with Gasteiger partial charge in [0.2, 0.25) is 0 Å². The van der Waals surface area contributed by atoms with Crippen LogP contribution in [0.4, 0.5) is 0 Å². The maximum Gasteiger partial charge on any atom is 0.333 e. The van der Waals surface area contributed by atoms with Gasteiger partial charge in [-0.3, -0.25) is 4.79 Å². The Kier molecular flexibility index (Phi) is 11.6. The van der Waals surface area contributed by atoms with Crippen molar-refractivity contribution >= 4 is 11.9 Å². The Morgan fingerprint density at radius 3 is 1.80 bits per heavy atom. The molecule has 0 N–H and O–H groups in total. The molecule has 15 heavy (non-hydrogen) atoms. The SMILES string of the molecule is C=C(CC(=O)OC)C(=O)OC.CCCC. The fourth-order valence-corrected chi connectivity index (χ4v) is 0.463. The van der Waals surface area contributed by atoms with Crippen LogP contribution in [0.5, 0.6) is 0 Å². The molecule has 0 unspecified atom stereocenters. The van der Waals surface area contributed by atoms with E-state index in [4.69, 9.17) is 0 Å². The van der Waals surface area contributed by atoms with Gasteiger partial charge in [0.15, 0.2) is 0 Å². The van der Waals surface area contributed by atoms with Crippen molar-refractivity contribution in [1.82, 2.24) is 0 Å². The monoisotopic (exact) mass is 216 g/mol. The summed E-state index contributed by atoms with van der Waals surface area (Å²) in [6, 6.07) is 0. The predicted molar refractivity (Wildman–Crippen MR) is 58.4 cm³/mol. The zero-order chi connectivity index (χ0) is 12.3. The largest absolute Gasteiger partial charge is 0.469 e. The standard InChI is InChI=1S/C7H10O4.C4H10/c1-5(7(9)11-3)4-6(8)10-2;1-3-4-2/h1,4H2,2-3H3;3-4H2,1-2H3. The van der Waals surface area contributed by atoms with Crippen molar-refractivity contribution in [2.24, 2.45) is 0 Å². The van der Waals surface area contributed by atoms with Crippen molar-refractivity contribution < 1.29 is 19.1 Å². The molecule has 0 aromatic carbocycles. The molecule has 0 fully saturated rings. The summed E-state index contributed by atoms with van der Waals surface area (Å²) in [5.41, 5.74) is 0.0966. The Bertz CT molecular complexity index is 207. The third-order valence-electron chi connectivity index (χ3n) is 1.56. The molecule has 0 rings (SSSR count). The molecule has 0 radical (unpaired) electrons. The molecule has 0 amide bonds. The molecule has 4 nitrogen and oxygen atoms in total. The van der Waals surface area contributed by atoms with Crippen molar-refractivity contribution in [2.75, 3.05) is 14.2 Å². The normalized spacial score (nSPS) is 8.27. The van der Waals surface area contributed by atoms with Gasteiger partial charge in [-0.25, -0.2) is 4.79 Å². The van der Waals surface area contributed by atoms with E-state index in [1.807, 2.05) is 0 Å².